The van der Waals surface area contributed by atoms with Crippen molar-refractivity contribution in [1.82, 2.24) is 0 Å². The summed E-state index contributed by atoms with van der Waals surface area (Å²) in [7, 11) is 0. The largest absolute Gasteiger partial charge is 0.399 e. The molecule has 1 aromatic rings. The van der Waals surface area contributed by atoms with E-state index in [1.165, 1.54) is 15.7 Å². The summed E-state index contributed by atoms with van der Waals surface area (Å²) in [6.45, 7) is 6.66. The van der Waals surface area contributed by atoms with Crippen LogP contribution in [0.25, 0.3) is 0 Å². The van der Waals surface area contributed by atoms with E-state index in [2.05, 4.69) is 54.7 Å². The van der Waals surface area contributed by atoms with E-state index in [-0.39, 0.29) is 5.54 Å². The molecule has 15 heavy (non-hydrogen) atoms. The fourth-order valence-corrected chi connectivity index (χ4v) is 2.36. The Balaban J connectivity index is 2.80. The molecule has 3 N–H and O–H groups in total. The van der Waals surface area contributed by atoms with Crippen molar-refractivity contribution in [2.24, 2.45) is 0 Å². The van der Waals surface area contributed by atoms with E-state index in [1.807, 2.05) is 12.1 Å². The molecule has 0 atom stereocenters. The molecule has 0 aliphatic heterocycles. The lowest BCUT2D eigenvalue weighted by atomic mass is 9.98. The number of nitrogens with two attached hydrogens (primary N) is 1. The van der Waals surface area contributed by atoms with Crippen molar-refractivity contribution in [1.29, 1.82) is 0 Å². The van der Waals surface area contributed by atoms with Gasteiger partial charge < -0.3 is 11.1 Å². The molecule has 2 nitrogen and oxygen atoms in total. The van der Waals surface area contributed by atoms with Crippen LogP contribution in [0.1, 0.15) is 33.6 Å². The Morgan fingerprint density at radius 1 is 1.40 bits per heavy atom. The van der Waals surface area contributed by atoms with Crippen LogP contribution < -0.4 is 11.1 Å². The Bertz CT molecular complexity index is 334. The molecule has 0 aliphatic rings. The van der Waals surface area contributed by atoms with Gasteiger partial charge in [-0.15, -0.1) is 0 Å². The van der Waals surface area contributed by atoms with Crippen LogP contribution in [0.15, 0.2) is 18.2 Å². The van der Waals surface area contributed by atoms with Crippen LogP contribution in [0.3, 0.4) is 0 Å². The smallest absolute Gasteiger partial charge is 0.0481 e. The number of anilines is 2. The number of rotatable bonds is 4. The highest BCUT2D eigenvalue weighted by atomic mass is 127. The first-order valence-electron chi connectivity index (χ1n) is 5.28. The van der Waals surface area contributed by atoms with Crippen LogP contribution in [0, 0.1) is 3.57 Å². The van der Waals surface area contributed by atoms with Gasteiger partial charge in [0.1, 0.15) is 0 Å². The highest BCUT2D eigenvalue weighted by Crippen LogP contribution is 2.25. The predicted molar refractivity (Wildman–Crippen MR) is 76.2 cm³/mol. The number of hydrogen-bond acceptors (Lipinski definition) is 2. The molecular formula is C12H19IN2. The van der Waals surface area contributed by atoms with Gasteiger partial charge in [-0.2, -0.15) is 0 Å². The van der Waals surface area contributed by atoms with Gasteiger partial charge in [-0.3, -0.25) is 0 Å². The molecule has 0 unspecified atom stereocenters. The summed E-state index contributed by atoms with van der Waals surface area (Å²) < 4.78 is 1.18. The first-order chi connectivity index (χ1) is 6.94. The maximum atomic E-state index is 5.72. The third-order valence-electron chi connectivity index (χ3n) is 2.34. The van der Waals surface area contributed by atoms with E-state index in [0.717, 1.165) is 12.1 Å². The van der Waals surface area contributed by atoms with Gasteiger partial charge in [0.25, 0.3) is 0 Å². The molecule has 0 saturated heterocycles. The van der Waals surface area contributed by atoms with Gasteiger partial charge in [0.15, 0.2) is 0 Å². The van der Waals surface area contributed by atoms with Crippen LogP contribution in [0.2, 0.25) is 0 Å². The molecule has 0 heterocycles. The van der Waals surface area contributed by atoms with Gasteiger partial charge in [0.05, 0.1) is 0 Å². The molecular weight excluding hydrogens is 299 g/mol. The van der Waals surface area contributed by atoms with E-state index >= 15 is 0 Å². The van der Waals surface area contributed by atoms with Crippen molar-refractivity contribution in [3.8, 4) is 0 Å². The molecule has 1 aromatic carbocycles. The van der Waals surface area contributed by atoms with E-state index in [9.17, 15) is 0 Å². The lowest BCUT2D eigenvalue weighted by molar-refractivity contribution is 0.511. The van der Waals surface area contributed by atoms with Crippen LogP contribution in [0.5, 0.6) is 0 Å². The monoisotopic (exact) mass is 318 g/mol. The highest BCUT2D eigenvalue weighted by Gasteiger charge is 2.16. The lowest BCUT2D eigenvalue weighted by Crippen LogP contribution is -2.30. The topological polar surface area (TPSA) is 38.0 Å². The van der Waals surface area contributed by atoms with Gasteiger partial charge >= 0.3 is 0 Å². The Morgan fingerprint density at radius 3 is 2.60 bits per heavy atom. The fraction of sp³-hybridized carbons (Fsp3) is 0.500. The van der Waals surface area contributed by atoms with Crippen LogP contribution in [-0.4, -0.2) is 5.54 Å². The van der Waals surface area contributed by atoms with Crippen molar-refractivity contribution in [3.05, 3.63) is 21.8 Å². The fourth-order valence-electron chi connectivity index (χ4n) is 1.68. The van der Waals surface area contributed by atoms with Crippen molar-refractivity contribution in [2.45, 2.75) is 39.2 Å². The number of halogens is 1. The third kappa shape index (κ3) is 3.89. The Morgan fingerprint density at radius 2 is 2.07 bits per heavy atom. The summed E-state index contributed by atoms with van der Waals surface area (Å²) >= 11 is 2.31. The first kappa shape index (κ1) is 12.6. The zero-order chi connectivity index (χ0) is 11.5. The van der Waals surface area contributed by atoms with E-state index in [4.69, 9.17) is 5.73 Å². The summed E-state index contributed by atoms with van der Waals surface area (Å²) in [5.74, 6) is 0. The van der Waals surface area contributed by atoms with Crippen molar-refractivity contribution in [2.75, 3.05) is 11.1 Å². The minimum absolute atomic E-state index is 0.144. The number of nitrogen functional groups attached to an aromatic ring is 1. The molecule has 0 aromatic heterocycles. The summed E-state index contributed by atoms with van der Waals surface area (Å²) in [4.78, 5) is 0. The van der Waals surface area contributed by atoms with Gasteiger partial charge in [0, 0.05) is 20.5 Å². The zero-order valence-electron chi connectivity index (χ0n) is 9.60. The molecule has 0 bridgehead atoms. The quantitative estimate of drug-likeness (QED) is 0.653. The second-order valence-electron chi connectivity index (χ2n) is 4.50. The normalized spacial score (nSPS) is 11.5. The van der Waals surface area contributed by atoms with Crippen LogP contribution >= 0.6 is 22.6 Å². The summed E-state index contributed by atoms with van der Waals surface area (Å²) in [5, 5.41) is 3.55. The van der Waals surface area contributed by atoms with Crippen LogP contribution in [-0.2, 0) is 0 Å². The molecule has 0 radical (unpaired) electrons. The number of hydrogen-bond donors (Lipinski definition) is 2. The average Bonchev–Trinajstić information content (AvgIpc) is 2.09. The van der Waals surface area contributed by atoms with Crippen molar-refractivity contribution < 1.29 is 0 Å². The molecule has 0 fully saturated rings. The second-order valence-corrected chi connectivity index (χ2v) is 5.66. The second kappa shape index (κ2) is 5.05. The Kier molecular flexibility index (Phi) is 4.25. The molecule has 0 spiro atoms. The van der Waals surface area contributed by atoms with Crippen molar-refractivity contribution in [3.63, 3.8) is 0 Å². The van der Waals surface area contributed by atoms with Crippen LogP contribution in [0.4, 0.5) is 11.4 Å². The molecule has 0 amide bonds. The summed E-state index contributed by atoms with van der Waals surface area (Å²) in [6.07, 6.45) is 2.35. The standard InChI is InChI=1S/C12H19IN2/c1-4-7-12(2,3)15-11-6-5-9(14)8-10(11)13/h5-6,8,15H,4,7,14H2,1-3H3. The highest BCUT2D eigenvalue weighted by molar-refractivity contribution is 14.1. The predicted octanol–water partition coefficient (Wildman–Crippen LogP) is 3.86. The molecule has 0 saturated carbocycles. The SMILES string of the molecule is CCCC(C)(C)Nc1ccc(N)cc1I. The Labute approximate surface area is 106 Å². The molecule has 84 valence electrons. The first-order valence-corrected chi connectivity index (χ1v) is 6.36. The molecule has 3 heteroatoms. The summed E-state index contributed by atoms with van der Waals surface area (Å²) in [6, 6.07) is 5.98. The minimum atomic E-state index is 0.144. The third-order valence-corrected chi connectivity index (χ3v) is 3.23. The lowest BCUT2D eigenvalue weighted by Gasteiger charge is -2.27. The average molecular weight is 318 g/mol. The van der Waals surface area contributed by atoms with Gasteiger partial charge in [-0.05, 0) is 61.1 Å². The van der Waals surface area contributed by atoms with Gasteiger partial charge in [0.2, 0.25) is 0 Å². The van der Waals surface area contributed by atoms with Gasteiger partial charge in [-0.25, -0.2) is 0 Å². The van der Waals surface area contributed by atoms with Gasteiger partial charge in [-0.1, -0.05) is 13.3 Å². The zero-order valence-corrected chi connectivity index (χ0v) is 11.8. The van der Waals surface area contributed by atoms with E-state index < -0.39 is 0 Å². The minimum Gasteiger partial charge on any atom is -0.399 e. The number of benzene rings is 1. The van der Waals surface area contributed by atoms with E-state index in [0.29, 0.717) is 0 Å². The maximum Gasteiger partial charge on any atom is 0.0481 e. The Hall–Kier alpha value is -0.450. The summed E-state index contributed by atoms with van der Waals surface area (Å²) in [5.41, 5.74) is 7.85. The molecule has 1 rings (SSSR count). The number of nitrogens with one attached hydrogen (secondary N) is 1. The van der Waals surface area contributed by atoms with Crippen molar-refractivity contribution >= 4 is 34.0 Å². The maximum absolute atomic E-state index is 5.72. The molecule has 0 aliphatic carbocycles. The van der Waals surface area contributed by atoms with E-state index in [1.54, 1.807) is 0 Å².